The number of aromatic nitrogens is 5. The van der Waals surface area contributed by atoms with Gasteiger partial charge < -0.3 is 9.30 Å². The molecule has 0 aliphatic carbocycles. The zero-order valence-electron chi connectivity index (χ0n) is 25.4. The van der Waals surface area contributed by atoms with Gasteiger partial charge in [-0.15, -0.1) is 0 Å². The third-order valence-electron chi connectivity index (χ3n) is 8.36. The first-order valence-electron chi connectivity index (χ1n) is 14.8. The highest BCUT2D eigenvalue weighted by molar-refractivity contribution is 5.87. The largest absolute Gasteiger partial charge is 0.455 e. The number of pyridine rings is 1. The molecule has 4 heterocycles. The molecule has 0 atom stereocenters. The Kier molecular flexibility index (Phi) is 7.30. The van der Waals surface area contributed by atoms with Gasteiger partial charge in [0.05, 0.1) is 29.5 Å². The molecule has 2 aromatic carbocycles. The summed E-state index contributed by atoms with van der Waals surface area (Å²) in [6, 6.07) is 22.2. The minimum absolute atomic E-state index is 0.0804. The third kappa shape index (κ3) is 5.52. The van der Waals surface area contributed by atoms with Gasteiger partial charge in [-0.25, -0.2) is 19.6 Å². The number of hydrogen-bond donors (Lipinski definition) is 0. The number of rotatable bonds is 6. The van der Waals surface area contributed by atoms with Gasteiger partial charge >= 0.3 is 11.7 Å². The summed E-state index contributed by atoms with van der Waals surface area (Å²) in [5.74, 6) is 0.428. The monoisotopic (exact) mass is 578 g/mol. The molecule has 9 nitrogen and oxygen atoms in total. The van der Waals surface area contributed by atoms with Gasteiger partial charge in [0, 0.05) is 26.3 Å². The summed E-state index contributed by atoms with van der Waals surface area (Å²) in [6.45, 7) is 9.89. The number of fused-ring (bicyclic) bond motifs is 1. The standard InChI is InChI=1S/C34H38N6O3/c1-33(2,3)43-31(41)28-22-36-29(37(28)5)23-38-20-17-34(4,18-21-38)40-30-27(12-9-19-35-30)39(32(40)42)26-15-13-25(14-16-26)24-10-7-6-8-11-24/h6-16,19,22H,17-18,20-21,23H2,1-5H3. The van der Waals surface area contributed by atoms with E-state index in [2.05, 4.69) is 46.1 Å². The van der Waals surface area contributed by atoms with Crippen LogP contribution in [0, 0.1) is 0 Å². The van der Waals surface area contributed by atoms with Crippen LogP contribution in [-0.4, -0.2) is 53.2 Å². The maximum absolute atomic E-state index is 14.1. The molecule has 0 saturated carbocycles. The summed E-state index contributed by atoms with van der Waals surface area (Å²) in [5, 5.41) is 0. The van der Waals surface area contributed by atoms with Crippen molar-refractivity contribution in [1.82, 2.24) is 28.6 Å². The molecule has 1 aliphatic heterocycles. The van der Waals surface area contributed by atoms with E-state index in [1.54, 1.807) is 17.0 Å². The summed E-state index contributed by atoms with van der Waals surface area (Å²) in [4.78, 5) is 38.3. The van der Waals surface area contributed by atoms with Crippen molar-refractivity contribution < 1.29 is 9.53 Å². The lowest BCUT2D eigenvalue weighted by atomic mass is 9.89. The molecule has 43 heavy (non-hydrogen) atoms. The Labute approximate surface area is 251 Å². The molecule has 222 valence electrons. The summed E-state index contributed by atoms with van der Waals surface area (Å²) in [6.07, 6.45) is 4.89. The van der Waals surface area contributed by atoms with E-state index in [0.29, 0.717) is 17.9 Å². The van der Waals surface area contributed by atoms with E-state index in [9.17, 15) is 9.59 Å². The molecule has 0 unspecified atom stereocenters. The maximum Gasteiger partial charge on any atom is 0.357 e. The molecule has 6 rings (SSSR count). The Bertz CT molecular complexity index is 1820. The van der Waals surface area contributed by atoms with Crippen molar-refractivity contribution in [3.8, 4) is 16.8 Å². The van der Waals surface area contributed by atoms with Gasteiger partial charge in [-0.05, 0) is 75.9 Å². The minimum Gasteiger partial charge on any atom is -0.455 e. The van der Waals surface area contributed by atoms with E-state index in [1.165, 1.54) is 0 Å². The van der Waals surface area contributed by atoms with Crippen LogP contribution >= 0.6 is 0 Å². The second-order valence-electron chi connectivity index (χ2n) is 12.6. The molecule has 0 spiro atoms. The fraction of sp³-hybridized carbons (Fsp3) is 0.353. The van der Waals surface area contributed by atoms with Gasteiger partial charge in [0.1, 0.15) is 17.1 Å². The molecule has 0 N–H and O–H groups in total. The molecule has 5 aromatic rings. The van der Waals surface area contributed by atoms with E-state index in [-0.39, 0.29) is 11.7 Å². The lowest BCUT2D eigenvalue weighted by molar-refractivity contribution is 0.00583. The molecular formula is C34H38N6O3. The van der Waals surface area contributed by atoms with Gasteiger partial charge in [-0.2, -0.15) is 0 Å². The van der Waals surface area contributed by atoms with Crippen molar-refractivity contribution in [2.75, 3.05) is 13.1 Å². The average Bonchev–Trinajstić information content (AvgIpc) is 3.50. The van der Waals surface area contributed by atoms with E-state index >= 15 is 0 Å². The van der Waals surface area contributed by atoms with Crippen molar-refractivity contribution in [2.24, 2.45) is 7.05 Å². The zero-order chi connectivity index (χ0) is 30.4. The number of likely N-dealkylation sites (tertiary alicyclic amines) is 1. The number of ether oxygens (including phenoxy) is 1. The van der Waals surface area contributed by atoms with Crippen LogP contribution in [0.25, 0.3) is 28.0 Å². The van der Waals surface area contributed by atoms with Crippen LogP contribution in [0.2, 0.25) is 0 Å². The van der Waals surface area contributed by atoms with Crippen molar-refractivity contribution in [3.05, 3.63) is 101 Å². The number of carbonyl (C=O) groups is 1. The number of benzene rings is 2. The fourth-order valence-electron chi connectivity index (χ4n) is 5.93. The van der Waals surface area contributed by atoms with Crippen molar-refractivity contribution in [2.45, 2.75) is 58.2 Å². The molecular weight excluding hydrogens is 540 g/mol. The Hall–Kier alpha value is -4.50. The highest BCUT2D eigenvalue weighted by Gasteiger charge is 2.36. The van der Waals surface area contributed by atoms with Gasteiger partial charge in [0.2, 0.25) is 0 Å². The van der Waals surface area contributed by atoms with Crippen LogP contribution in [0.5, 0.6) is 0 Å². The zero-order valence-corrected chi connectivity index (χ0v) is 25.4. The van der Waals surface area contributed by atoms with E-state index in [4.69, 9.17) is 4.74 Å². The van der Waals surface area contributed by atoms with Crippen LogP contribution in [-0.2, 0) is 23.9 Å². The van der Waals surface area contributed by atoms with E-state index in [0.717, 1.165) is 54.1 Å². The smallest absolute Gasteiger partial charge is 0.357 e. The Morgan fingerprint density at radius 2 is 1.60 bits per heavy atom. The number of hydrogen-bond acceptors (Lipinski definition) is 6. The first kappa shape index (κ1) is 28.6. The van der Waals surface area contributed by atoms with Crippen molar-refractivity contribution >= 4 is 17.1 Å². The number of esters is 1. The summed E-state index contributed by atoms with van der Waals surface area (Å²) in [5.41, 5.74) is 3.93. The van der Waals surface area contributed by atoms with E-state index < -0.39 is 11.1 Å². The maximum atomic E-state index is 14.1. The van der Waals surface area contributed by atoms with Gasteiger partial charge in [0.15, 0.2) is 5.65 Å². The molecule has 1 fully saturated rings. The minimum atomic E-state index is -0.569. The van der Waals surface area contributed by atoms with Crippen LogP contribution in [0.1, 0.15) is 56.8 Å². The average molecular weight is 579 g/mol. The van der Waals surface area contributed by atoms with Crippen LogP contribution in [0.15, 0.2) is 83.9 Å². The first-order chi connectivity index (χ1) is 20.5. The third-order valence-corrected chi connectivity index (χ3v) is 8.36. The number of carbonyl (C=O) groups excluding carboxylic acids is 1. The fourth-order valence-corrected chi connectivity index (χ4v) is 5.93. The summed E-state index contributed by atoms with van der Waals surface area (Å²) >= 11 is 0. The van der Waals surface area contributed by atoms with Crippen molar-refractivity contribution in [3.63, 3.8) is 0 Å². The van der Waals surface area contributed by atoms with Gasteiger partial charge in [-0.3, -0.25) is 14.0 Å². The van der Waals surface area contributed by atoms with Gasteiger partial charge in [0.25, 0.3) is 0 Å². The molecule has 1 saturated heterocycles. The molecule has 0 bridgehead atoms. The highest BCUT2D eigenvalue weighted by Crippen LogP contribution is 2.33. The molecule has 0 amide bonds. The summed E-state index contributed by atoms with van der Waals surface area (Å²) in [7, 11) is 1.85. The second-order valence-corrected chi connectivity index (χ2v) is 12.6. The topological polar surface area (TPSA) is 87.2 Å². The molecule has 0 radical (unpaired) electrons. The van der Waals surface area contributed by atoms with Gasteiger partial charge in [-0.1, -0.05) is 42.5 Å². The first-order valence-corrected chi connectivity index (χ1v) is 14.8. The second kappa shape index (κ2) is 11.0. The lowest BCUT2D eigenvalue weighted by Gasteiger charge is -2.39. The van der Waals surface area contributed by atoms with Crippen LogP contribution in [0.4, 0.5) is 0 Å². The van der Waals surface area contributed by atoms with Crippen molar-refractivity contribution in [1.29, 1.82) is 0 Å². The van der Waals surface area contributed by atoms with E-state index in [1.807, 2.05) is 79.4 Å². The number of piperidine rings is 1. The highest BCUT2D eigenvalue weighted by atomic mass is 16.6. The van der Waals surface area contributed by atoms with Crippen LogP contribution < -0.4 is 5.69 Å². The predicted octanol–water partition coefficient (Wildman–Crippen LogP) is 5.55. The summed E-state index contributed by atoms with van der Waals surface area (Å²) < 4.78 is 11.0. The predicted molar refractivity (Wildman–Crippen MR) is 167 cm³/mol. The molecule has 9 heteroatoms. The number of nitrogens with zero attached hydrogens (tertiary/aromatic N) is 6. The molecule has 3 aromatic heterocycles. The SMILES string of the molecule is Cn1c(C(=O)OC(C)(C)C)cnc1CN1CCC(C)(n2c(=O)n(-c3ccc(-c4ccccc4)cc3)c3cccnc32)CC1. The quantitative estimate of drug-likeness (QED) is 0.246. The Balaban J connectivity index is 1.23. The Morgan fingerprint density at radius 1 is 0.930 bits per heavy atom. The number of imidazole rings is 2. The lowest BCUT2D eigenvalue weighted by Crippen LogP contribution is -2.48. The van der Waals surface area contributed by atoms with Crippen LogP contribution in [0.3, 0.4) is 0 Å². The Morgan fingerprint density at radius 3 is 2.28 bits per heavy atom. The molecule has 1 aliphatic rings. The normalized spacial score (nSPS) is 15.6.